The molecule has 2 aliphatic rings. The Balaban J connectivity index is 1.29. The van der Waals surface area contributed by atoms with Gasteiger partial charge in [0.2, 0.25) is 11.1 Å². The molecule has 0 spiro atoms. The van der Waals surface area contributed by atoms with E-state index in [0.717, 1.165) is 37.3 Å². The molecule has 2 aromatic heterocycles. The smallest absolute Gasteiger partial charge is 0.291 e. The van der Waals surface area contributed by atoms with Crippen LogP contribution in [0.1, 0.15) is 29.0 Å². The fourth-order valence-corrected chi connectivity index (χ4v) is 4.28. The molecule has 10 nitrogen and oxygen atoms in total. The minimum absolute atomic E-state index is 0.0240. The highest BCUT2D eigenvalue weighted by Gasteiger charge is 2.32. The number of nitrogens with one attached hydrogen (secondary N) is 1. The number of benzene rings is 1. The van der Waals surface area contributed by atoms with Gasteiger partial charge in [-0.1, -0.05) is 30.3 Å². The molecule has 2 amide bonds. The second kappa shape index (κ2) is 9.30. The van der Waals surface area contributed by atoms with Gasteiger partial charge in [0.25, 0.3) is 11.8 Å². The molecule has 1 saturated heterocycles. The van der Waals surface area contributed by atoms with Crippen molar-refractivity contribution in [3.63, 3.8) is 0 Å². The Labute approximate surface area is 201 Å². The van der Waals surface area contributed by atoms with Crippen molar-refractivity contribution in [2.45, 2.75) is 25.4 Å². The van der Waals surface area contributed by atoms with E-state index in [-0.39, 0.29) is 23.6 Å². The fraction of sp³-hybridized carbons (Fsp3) is 0.348. The quantitative estimate of drug-likeness (QED) is 0.595. The molecule has 0 saturated carbocycles. The van der Waals surface area contributed by atoms with Crippen LogP contribution in [-0.4, -0.2) is 64.3 Å². The van der Waals surface area contributed by atoms with E-state index in [2.05, 4.69) is 25.3 Å². The molecule has 1 fully saturated rings. The molecule has 0 unspecified atom stereocenters. The van der Waals surface area contributed by atoms with Crippen LogP contribution in [0.5, 0.6) is 5.75 Å². The van der Waals surface area contributed by atoms with Gasteiger partial charge in [-0.3, -0.25) is 9.59 Å². The highest BCUT2D eigenvalue weighted by atomic mass is 35.5. The fourth-order valence-electron chi connectivity index (χ4n) is 4.11. The van der Waals surface area contributed by atoms with Crippen molar-refractivity contribution < 1.29 is 14.3 Å². The van der Waals surface area contributed by atoms with Crippen molar-refractivity contribution in [2.75, 3.05) is 36.5 Å². The zero-order valence-corrected chi connectivity index (χ0v) is 19.4. The van der Waals surface area contributed by atoms with Gasteiger partial charge in [0.1, 0.15) is 29.9 Å². The van der Waals surface area contributed by atoms with E-state index in [1.54, 1.807) is 13.2 Å². The van der Waals surface area contributed by atoms with Crippen LogP contribution in [0.25, 0.3) is 0 Å². The summed E-state index contributed by atoms with van der Waals surface area (Å²) in [5, 5.41) is 6.98. The number of nitrogens with zero attached hydrogens (tertiary/aromatic N) is 6. The monoisotopic (exact) mass is 481 g/mol. The van der Waals surface area contributed by atoms with Crippen LogP contribution < -0.4 is 19.9 Å². The molecule has 176 valence electrons. The number of aromatic nitrogens is 4. The van der Waals surface area contributed by atoms with E-state index < -0.39 is 11.9 Å². The van der Waals surface area contributed by atoms with Gasteiger partial charge in [-0.05, 0) is 30.0 Å². The van der Waals surface area contributed by atoms with Crippen LogP contribution in [-0.2, 0) is 11.3 Å². The summed E-state index contributed by atoms with van der Waals surface area (Å²) >= 11 is 6.19. The van der Waals surface area contributed by atoms with Gasteiger partial charge in [0.05, 0.1) is 12.7 Å². The molecule has 0 radical (unpaired) electrons. The Bertz CT molecular complexity index is 1210. The van der Waals surface area contributed by atoms with E-state index in [1.807, 2.05) is 36.4 Å². The number of fused-ring (bicyclic) bond motifs is 1. The van der Waals surface area contributed by atoms with E-state index in [1.165, 1.54) is 9.58 Å². The zero-order chi connectivity index (χ0) is 23.7. The summed E-state index contributed by atoms with van der Waals surface area (Å²) in [6.07, 6.45) is 3.90. The Morgan fingerprint density at radius 1 is 1.24 bits per heavy atom. The Hall–Kier alpha value is -3.66. The van der Waals surface area contributed by atoms with E-state index in [4.69, 9.17) is 16.3 Å². The first kappa shape index (κ1) is 22.1. The maximum Gasteiger partial charge on any atom is 0.291 e. The molecular weight excluding hydrogens is 458 g/mol. The number of hydrogen-bond donors (Lipinski definition) is 1. The number of carbonyl (C=O) groups excluding carboxylic acids is 2. The Kier molecular flexibility index (Phi) is 6.06. The number of amides is 2. The van der Waals surface area contributed by atoms with Crippen LogP contribution in [0.4, 0.5) is 11.5 Å². The van der Waals surface area contributed by atoms with E-state index >= 15 is 0 Å². The van der Waals surface area contributed by atoms with Crippen molar-refractivity contribution >= 4 is 34.9 Å². The first-order chi connectivity index (χ1) is 16.5. The largest absolute Gasteiger partial charge is 0.488 e. The van der Waals surface area contributed by atoms with Gasteiger partial charge in [-0.2, -0.15) is 4.98 Å². The van der Waals surface area contributed by atoms with Crippen LogP contribution >= 0.6 is 11.6 Å². The molecule has 1 atom stereocenters. The number of anilines is 2. The summed E-state index contributed by atoms with van der Waals surface area (Å²) in [5.41, 5.74) is 1.52. The van der Waals surface area contributed by atoms with Gasteiger partial charge in [-0.15, -0.1) is 5.10 Å². The maximum atomic E-state index is 13.1. The number of ether oxygens (including phenoxy) is 1. The average molecular weight is 482 g/mol. The highest BCUT2D eigenvalue weighted by molar-refractivity contribution is 6.28. The number of rotatable bonds is 5. The number of hydrogen-bond acceptors (Lipinski definition) is 7. The lowest BCUT2D eigenvalue weighted by Gasteiger charge is -2.21. The SMILES string of the molecule is CN1C(=O)[C@@H](NC(=O)c2nc(Cl)n(Cc3ccccc3)n2)COc2cc(N3CCCC3)ncc21. The molecule has 4 heterocycles. The summed E-state index contributed by atoms with van der Waals surface area (Å²) in [5.74, 6) is 0.333. The molecule has 0 bridgehead atoms. The standard InChI is InChI=1S/C23H24ClN7O3/c1-29-17-12-25-19(30-9-5-6-10-30)11-18(17)34-14-16(22(29)33)26-21(32)20-27-23(24)31(28-20)13-15-7-3-2-4-8-15/h2-4,7-8,11-12,16H,5-6,9-10,13-14H2,1H3,(H,26,32)/t16-/m0/s1. The molecule has 1 aromatic carbocycles. The van der Waals surface area contributed by atoms with Gasteiger partial charge >= 0.3 is 0 Å². The van der Waals surface area contributed by atoms with Crippen molar-refractivity contribution in [1.82, 2.24) is 25.1 Å². The van der Waals surface area contributed by atoms with Gasteiger partial charge in [0, 0.05) is 26.2 Å². The zero-order valence-electron chi connectivity index (χ0n) is 18.6. The summed E-state index contributed by atoms with van der Waals surface area (Å²) in [4.78, 5) is 38.1. The Morgan fingerprint density at radius 2 is 2.00 bits per heavy atom. The number of likely N-dealkylation sites (N-methyl/N-ethyl adjacent to an activating group) is 1. The van der Waals surface area contributed by atoms with Crippen molar-refractivity contribution in [3.8, 4) is 5.75 Å². The van der Waals surface area contributed by atoms with Crippen molar-refractivity contribution in [3.05, 3.63) is 59.3 Å². The molecule has 3 aromatic rings. The molecule has 34 heavy (non-hydrogen) atoms. The minimum atomic E-state index is -0.917. The molecular formula is C23H24ClN7O3. The number of halogens is 1. The van der Waals surface area contributed by atoms with Crippen LogP contribution in [0, 0.1) is 0 Å². The molecule has 5 rings (SSSR count). The average Bonchev–Trinajstić information content (AvgIpc) is 3.49. The van der Waals surface area contributed by atoms with Crippen LogP contribution in [0.15, 0.2) is 42.6 Å². The topological polar surface area (TPSA) is 105 Å². The van der Waals surface area contributed by atoms with Gasteiger partial charge in [-0.25, -0.2) is 9.67 Å². The third-order valence-corrected chi connectivity index (χ3v) is 6.25. The lowest BCUT2D eigenvalue weighted by molar-refractivity contribution is -0.120. The first-order valence-electron chi connectivity index (χ1n) is 11.1. The molecule has 2 aliphatic heterocycles. The summed E-state index contributed by atoms with van der Waals surface area (Å²) in [7, 11) is 1.63. The third-order valence-electron chi connectivity index (χ3n) is 5.97. The number of carbonyl (C=O) groups is 2. The maximum absolute atomic E-state index is 13.1. The Morgan fingerprint density at radius 3 is 2.76 bits per heavy atom. The highest BCUT2D eigenvalue weighted by Crippen LogP contribution is 2.33. The second-order valence-corrected chi connectivity index (χ2v) is 8.62. The summed E-state index contributed by atoms with van der Waals surface area (Å²) < 4.78 is 7.37. The summed E-state index contributed by atoms with van der Waals surface area (Å²) in [6, 6.07) is 10.5. The normalized spacial score (nSPS) is 17.8. The second-order valence-electron chi connectivity index (χ2n) is 8.29. The van der Waals surface area contributed by atoms with Crippen LogP contribution in [0.3, 0.4) is 0 Å². The lowest BCUT2D eigenvalue weighted by Crippen LogP contribution is -2.49. The first-order valence-corrected chi connectivity index (χ1v) is 11.5. The van der Waals surface area contributed by atoms with Crippen molar-refractivity contribution in [2.24, 2.45) is 0 Å². The third kappa shape index (κ3) is 4.41. The number of pyridine rings is 1. The van der Waals surface area contributed by atoms with E-state index in [9.17, 15) is 9.59 Å². The summed E-state index contributed by atoms with van der Waals surface area (Å²) in [6.45, 7) is 2.25. The lowest BCUT2D eigenvalue weighted by atomic mass is 10.2. The predicted molar refractivity (Wildman–Crippen MR) is 126 cm³/mol. The van der Waals surface area contributed by atoms with Gasteiger partial charge < -0.3 is 19.9 Å². The molecule has 1 N–H and O–H groups in total. The minimum Gasteiger partial charge on any atom is -0.488 e. The van der Waals surface area contributed by atoms with Crippen LogP contribution in [0.2, 0.25) is 5.28 Å². The van der Waals surface area contributed by atoms with Crippen molar-refractivity contribution in [1.29, 1.82) is 0 Å². The van der Waals surface area contributed by atoms with Gasteiger partial charge in [0.15, 0.2) is 0 Å². The molecule has 0 aliphatic carbocycles. The molecule has 11 heteroatoms. The predicted octanol–water partition coefficient (Wildman–Crippen LogP) is 2.13. The van der Waals surface area contributed by atoms with E-state index in [0.29, 0.717) is 18.0 Å².